The molecule has 1 unspecified atom stereocenters. The lowest BCUT2D eigenvalue weighted by atomic mass is 9.73. The lowest BCUT2D eigenvalue weighted by molar-refractivity contribution is -0.157. The highest BCUT2D eigenvalue weighted by Gasteiger charge is 2.51. The molecule has 4 heteroatoms. The summed E-state index contributed by atoms with van der Waals surface area (Å²) in [6.45, 7) is 4.05. The summed E-state index contributed by atoms with van der Waals surface area (Å²) in [5.74, 6) is -0.758. The summed E-state index contributed by atoms with van der Waals surface area (Å²) in [5, 5.41) is 12.3. The molecule has 0 heterocycles. The summed E-state index contributed by atoms with van der Waals surface area (Å²) in [7, 11) is 1.62. The molecule has 1 rings (SSSR count). The molecule has 0 aromatic rings. The minimum atomic E-state index is -0.758. The zero-order valence-electron chi connectivity index (χ0n) is 9.04. The fourth-order valence-electron chi connectivity index (χ4n) is 1.81. The maximum atomic E-state index is 11.1. The molecule has 2 N–H and O–H groups in total. The minimum absolute atomic E-state index is 0.0997. The third kappa shape index (κ3) is 2.07. The lowest BCUT2D eigenvalue weighted by Gasteiger charge is -2.45. The van der Waals surface area contributed by atoms with Crippen LogP contribution >= 0.6 is 0 Å². The van der Waals surface area contributed by atoms with E-state index in [9.17, 15) is 4.79 Å². The van der Waals surface area contributed by atoms with Gasteiger partial charge in [0, 0.05) is 26.0 Å². The number of carboxylic acids is 1. The van der Waals surface area contributed by atoms with E-state index in [1.165, 1.54) is 0 Å². The molecule has 0 amide bonds. The molecular formula is C10H19NO3. The van der Waals surface area contributed by atoms with Crippen LogP contribution in [-0.2, 0) is 9.53 Å². The van der Waals surface area contributed by atoms with E-state index in [-0.39, 0.29) is 12.1 Å². The van der Waals surface area contributed by atoms with Crippen LogP contribution in [0.5, 0.6) is 0 Å². The van der Waals surface area contributed by atoms with Gasteiger partial charge in [-0.05, 0) is 13.3 Å². The third-order valence-corrected chi connectivity index (χ3v) is 3.03. The number of hydrogen-bond acceptors (Lipinski definition) is 3. The zero-order chi connectivity index (χ0) is 10.8. The standard InChI is InChI=1S/C10H19NO3/c1-4-7(2)11-10(9(12)13)5-8(6-10)14-3/h7-8,11H,4-6H2,1-3H3,(H,12,13). The van der Waals surface area contributed by atoms with Crippen molar-refractivity contribution >= 4 is 5.97 Å². The second-order valence-corrected chi connectivity index (χ2v) is 4.11. The van der Waals surface area contributed by atoms with E-state index in [0.29, 0.717) is 12.8 Å². The third-order valence-electron chi connectivity index (χ3n) is 3.03. The van der Waals surface area contributed by atoms with Crippen molar-refractivity contribution in [3.63, 3.8) is 0 Å². The van der Waals surface area contributed by atoms with Gasteiger partial charge in [0.25, 0.3) is 0 Å². The molecule has 0 radical (unpaired) electrons. The highest BCUT2D eigenvalue weighted by molar-refractivity contribution is 5.80. The fourth-order valence-corrected chi connectivity index (χ4v) is 1.81. The van der Waals surface area contributed by atoms with Crippen LogP contribution < -0.4 is 5.32 Å². The molecule has 0 aromatic carbocycles. The second kappa shape index (κ2) is 4.28. The Morgan fingerprint density at radius 3 is 2.64 bits per heavy atom. The van der Waals surface area contributed by atoms with Gasteiger partial charge in [-0.1, -0.05) is 6.92 Å². The molecule has 1 aliphatic rings. The van der Waals surface area contributed by atoms with Gasteiger partial charge in [-0.15, -0.1) is 0 Å². The summed E-state index contributed by atoms with van der Waals surface area (Å²) in [4.78, 5) is 11.1. The van der Waals surface area contributed by atoms with Crippen LogP contribution in [0.1, 0.15) is 33.1 Å². The first-order valence-electron chi connectivity index (χ1n) is 5.08. The van der Waals surface area contributed by atoms with Gasteiger partial charge in [-0.25, -0.2) is 0 Å². The molecule has 0 spiro atoms. The molecular weight excluding hydrogens is 182 g/mol. The topological polar surface area (TPSA) is 58.6 Å². The first-order valence-corrected chi connectivity index (χ1v) is 5.08. The van der Waals surface area contributed by atoms with Gasteiger partial charge >= 0.3 is 5.97 Å². The number of rotatable bonds is 5. The first-order chi connectivity index (χ1) is 6.54. The summed E-state index contributed by atoms with van der Waals surface area (Å²) in [5.41, 5.74) is -0.740. The number of ether oxygens (including phenoxy) is 1. The fraction of sp³-hybridized carbons (Fsp3) is 0.900. The monoisotopic (exact) mass is 201 g/mol. The molecule has 1 saturated carbocycles. The van der Waals surface area contributed by atoms with Crippen molar-refractivity contribution in [2.75, 3.05) is 7.11 Å². The van der Waals surface area contributed by atoms with Crippen molar-refractivity contribution in [3.05, 3.63) is 0 Å². The lowest BCUT2D eigenvalue weighted by Crippen LogP contribution is -2.65. The van der Waals surface area contributed by atoms with Crippen molar-refractivity contribution < 1.29 is 14.6 Å². The summed E-state index contributed by atoms with van der Waals surface area (Å²) >= 11 is 0. The van der Waals surface area contributed by atoms with Crippen LogP contribution in [0.25, 0.3) is 0 Å². The van der Waals surface area contributed by atoms with Crippen LogP contribution in [0.3, 0.4) is 0 Å². The Bertz CT molecular complexity index is 211. The minimum Gasteiger partial charge on any atom is -0.480 e. The Morgan fingerprint density at radius 2 is 2.29 bits per heavy atom. The van der Waals surface area contributed by atoms with E-state index in [4.69, 9.17) is 9.84 Å². The highest BCUT2D eigenvalue weighted by Crippen LogP contribution is 2.35. The van der Waals surface area contributed by atoms with E-state index >= 15 is 0 Å². The van der Waals surface area contributed by atoms with E-state index in [0.717, 1.165) is 6.42 Å². The number of carbonyl (C=O) groups is 1. The maximum absolute atomic E-state index is 11.1. The van der Waals surface area contributed by atoms with Crippen molar-refractivity contribution in [1.29, 1.82) is 0 Å². The number of carboxylic acid groups (broad SMARTS) is 1. The largest absolute Gasteiger partial charge is 0.480 e. The Hall–Kier alpha value is -0.610. The summed E-state index contributed by atoms with van der Waals surface area (Å²) in [6.07, 6.45) is 2.18. The average Bonchev–Trinajstić information content (AvgIpc) is 2.09. The molecule has 0 saturated heterocycles. The molecule has 1 aliphatic carbocycles. The number of aliphatic carboxylic acids is 1. The summed E-state index contributed by atoms with van der Waals surface area (Å²) in [6, 6.07) is 0.240. The zero-order valence-corrected chi connectivity index (χ0v) is 9.04. The molecule has 14 heavy (non-hydrogen) atoms. The smallest absolute Gasteiger partial charge is 0.324 e. The van der Waals surface area contributed by atoms with E-state index < -0.39 is 11.5 Å². The summed E-state index contributed by atoms with van der Waals surface area (Å²) < 4.78 is 5.10. The van der Waals surface area contributed by atoms with Crippen molar-refractivity contribution in [2.45, 2.75) is 50.8 Å². The molecule has 0 bridgehead atoms. The molecule has 0 aliphatic heterocycles. The maximum Gasteiger partial charge on any atom is 0.324 e. The first kappa shape index (κ1) is 11.5. The van der Waals surface area contributed by atoms with Crippen molar-refractivity contribution in [3.8, 4) is 0 Å². The van der Waals surface area contributed by atoms with E-state index in [2.05, 4.69) is 5.32 Å². The number of hydrogen-bond donors (Lipinski definition) is 2. The Morgan fingerprint density at radius 1 is 1.71 bits per heavy atom. The average molecular weight is 201 g/mol. The predicted octanol–water partition coefficient (Wildman–Crippen LogP) is 1.01. The van der Waals surface area contributed by atoms with Gasteiger partial charge in [-0.2, -0.15) is 0 Å². The van der Waals surface area contributed by atoms with Crippen LogP contribution in [0.15, 0.2) is 0 Å². The normalized spacial score (nSPS) is 33.5. The van der Waals surface area contributed by atoms with Crippen molar-refractivity contribution in [2.24, 2.45) is 0 Å². The Balaban J connectivity index is 2.54. The molecule has 0 aromatic heterocycles. The van der Waals surface area contributed by atoms with Crippen molar-refractivity contribution in [1.82, 2.24) is 5.32 Å². The van der Waals surface area contributed by atoms with E-state index in [1.807, 2.05) is 13.8 Å². The van der Waals surface area contributed by atoms with Crippen LogP contribution in [0.4, 0.5) is 0 Å². The Labute approximate surface area is 84.6 Å². The molecule has 1 atom stereocenters. The Kier molecular flexibility index (Phi) is 3.50. The second-order valence-electron chi connectivity index (χ2n) is 4.11. The van der Waals surface area contributed by atoms with Gasteiger partial charge in [0.2, 0.25) is 0 Å². The van der Waals surface area contributed by atoms with Gasteiger partial charge in [0.15, 0.2) is 0 Å². The van der Waals surface area contributed by atoms with Gasteiger partial charge in [0.05, 0.1) is 6.10 Å². The van der Waals surface area contributed by atoms with Crippen LogP contribution in [-0.4, -0.2) is 35.9 Å². The highest BCUT2D eigenvalue weighted by atomic mass is 16.5. The molecule has 4 nitrogen and oxygen atoms in total. The molecule has 1 fully saturated rings. The number of methoxy groups -OCH3 is 1. The number of nitrogens with one attached hydrogen (secondary N) is 1. The molecule has 82 valence electrons. The van der Waals surface area contributed by atoms with E-state index in [1.54, 1.807) is 7.11 Å². The van der Waals surface area contributed by atoms with Crippen LogP contribution in [0, 0.1) is 0 Å². The van der Waals surface area contributed by atoms with Gasteiger partial charge < -0.3 is 9.84 Å². The predicted molar refractivity (Wildman–Crippen MR) is 53.3 cm³/mol. The van der Waals surface area contributed by atoms with Gasteiger partial charge in [0.1, 0.15) is 5.54 Å². The quantitative estimate of drug-likeness (QED) is 0.697. The SMILES string of the molecule is CCC(C)NC1(C(=O)O)CC(OC)C1. The van der Waals surface area contributed by atoms with Crippen LogP contribution in [0.2, 0.25) is 0 Å². The van der Waals surface area contributed by atoms with Gasteiger partial charge in [-0.3, -0.25) is 10.1 Å².